The highest BCUT2D eigenvalue weighted by molar-refractivity contribution is 5.87. The molecule has 0 atom stereocenters. The monoisotopic (exact) mass is 303 g/mol. The topological polar surface area (TPSA) is 93.2 Å². The van der Waals surface area contributed by atoms with Crippen LogP contribution in [0.15, 0.2) is 12.5 Å². The lowest BCUT2D eigenvalue weighted by Gasteiger charge is -2.38. The maximum Gasteiger partial charge on any atom is 0.242 e. The van der Waals surface area contributed by atoms with Gasteiger partial charge in [0.05, 0.1) is 17.1 Å². The third-order valence-corrected chi connectivity index (χ3v) is 3.93. The lowest BCUT2D eigenvalue weighted by atomic mass is 10.0. The van der Waals surface area contributed by atoms with Crippen LogP contribution in [0.1, 0.15) is 13.8 Å². The number of fused-ring (bicyclic) bond motifs is 1. The van der Waals surface area contributed by atoms with E-state index in [1.54, 1.807) is 31.1 Å². The molecule has 118 valence electrons. The fourth-order valence-corrected chi connectivity index (χ4v) is 2.73. The van der Waals surface area contributed by atoms with Crippen molar-refractivity contribution in [3.8, 4) is 0 Å². The van der Waals surface area contributed by atoms with E-state index in [4.69, 9.17) is 5.73 Å². The van der Waals surface area contributed by atoms with E-state index >= 15 is 0 Å². The van der Waals surface area contributed by atoms with Gasteiger partial charge in [-0.2, -0.15) is 5.10 Å². The molecule has 1 aliphatic heterocycles. The summed E-state index contributed by atoms with van der Waals surface area (Å²) < 4.78 is 1.73. The zero-order chi connectivity index (χ0) is 15.9. The Balaban J connectivity index is 1.77. The summed E-state index contributed by atoms with van der Waals surface area (Å²) in [6, 6.07) is 0. The minimum absolute atomic E-state index is 0.0126. The second-order valence-electron chi connectivity index (χ2n) is 6.20. The molecule has 2 N–H and O–H groups in total. The van der Waals surface area contributed by atoms with E-state index < -0.39 is 5.54 Å². The van der Waals surface area contributed by atoms with Gasteiger partial charge in [0.1, 0.15) is 12.1 Å². The zero-order valence-electron chi connectivity index (χ0n) is 13.2. The molecule has 0 spiro atoms. The summed E-state index contributed by atoms with van der Waals surface area (Å²) in [7, 11) is 1.86. The summed E-state index contributed by atoms with van der Waals surface area (Å²) in [5.74, 6) is 0.860. The average Bonchev–Trinajstić information content (AvgIpc) is 2.87. The Labute approximate surface area is 128 Å². The van der Waals surface area contributed by atoms with Gasteiger partial charge < -0.3 is 15.5 Å². The summed E-state index contributed by atoms with van der Waals surface area (Å²) in [6.45, 7) is 6.22. The van der Waals surface area contributed by atoms with E-state index in [9.17, 15) is 4.79 Å². The summed E-state index contributed by atoms with van der Waals surface area (Å²) in [5.41, 5.74) is 5.88. The van der Waals surface area contributed by atoms with Gasteiger partial charge in [-0.1, -0.05) is 0 Å². The van der Waals surface area contributed by atoms with Gasteiger partial charge in [0, 0.05) is 33.2 Å². The molecule has 0 radical (unpaired) electrons. The molecule has 0 unspecified atom stereocenters. The van der Waals surface area contributed by atoms with Gasteiger partial charge in [-0.05, 0) is 13.8 Å². The Morgan fingerprint density at radius 1 is 1.23 bits per heavy atom. The maximum atomic E-state index is 12.2. The van der Waals surface area contributed by atoms with Gasteiger partial charge in [-0.25, -0.2) is 9.97 Å². The molecule has 1 fully saturated rings. The third kappa shape index (κ3) is 2.50. The quantitative estimate of drug-likeness (QED) is 0.822. The summed E-state index contributed by atoms with van der Waals surface area (Å²) in [4.78, 5) is 24.9. The molecule has 2 aromatic heterocycles. The molecule has 8 heteroatoms. The van der Waals surface area contributed by atoms with Crippen molar-refractivity contribution in [1.29, 1.82) is 0 Å². The van der Waals surface area contributed by atoms with Gasteiger partial charge in [-0.15, -0.1) is 0 Å². The number of anilines is 1. The molecule has 3 heterocycles. The molecule has 3 rings (SSSR count). The van der Waals surface area contributed by atoms with Crippen molar-refractivity contribution in [1.82, 2.24) is 24.6 Å². The normalized spacial score (nSPS) is 16.4. The molecule has 1 saturated heterocycles. The van der Waals surface area contributed by atoms with Crippen molar-refractivity contribution >= 4 is 22.8 Å². The molecule has 0 bridgehead atoms. The van der Waals surface area contributed by atoms with Crippen LogP contribution in [0.4, 0.5) is 5.82 Å². The second kappa shape index (κ2) is 5.20. The molecule has 0 saturated carbocycles. The number of aryl methyl sites for hydroxylation is 1. The van der Waals surface area contributed by atoms with Gasteiger partial charge in [0.15, 0.2) is 5.65 Å². The molecule has 22 heavy (non-hydrogen) atoms. The molecule has 0 aromatic carbocycles. The predicted molar refractivity (Wildman–Crippen MR) is 83.4 cm³/mol. The largest absolute Gasteiger partial charge is 0.352 e. The van der Waals surface area contributed by atoms with Gasteiger partial charge >= 0.3 is 0 Å². The van der Waals surface area contributed by atoms with E-state index in [-0.39, 0.29) is 5.91 Å². The summed E-state index contributed by atoms with van der Waals surface area (Å²) >= 11 is 0. The highest BCUT2D eigenvalue weighted by atomic mass is 16.2. The fourth-order valence-electron chi connectivity index (χ4n) is 2.73. The smallest absolute Gasteiger partial charge is 0.242 e. The Morgan fingerprint density at radius 2 is 1.91 bits per heavy atom. The predicted octanol–water partition coefficient (Wildman–Crippen LogP) is -0.251. The maximum absolute atomic E-state index is 12.2. The highest BCUT2D eigenvalue weighted by Crippen LogP contribution is 2.23. The molecular weight excluding hydrogens is 282 g/mol. The van der Waals surface area contributed by atoms with Crippen molar-refractivity contribution in [3.05, 3.63) is 12.5 Å². The molecule has 2 aromatic rings. The average molecular weight is 303 g/mol. The number of aromatic nitrogens is 4. The number of hydrogen-bond donors (Lipinski definition) is 1. The molecule has 0 aliphatic carbocycles. The standard InChI is InChI=1S/C14H21N7O/c1-14(2,15)13(22)21-6-4-20(5-7-21)12-10-8-18-19(3)11(10)16-9-17-12/h8-9H,4-7,15H2,1-3H3. The number of carbonyl (C=O) groups excluding carboxylic acids is 1. The number of carbonyl (C=O) groups is 1. The van der Waals surface area contributed by atoms with E-state index in [0.29, 0.717) is 13.1 Å². The Hall–Kier alpha value is -2.22. The van der Waals surface area contributed by atoms with Crippen LogP contribution in [0.2, 0.25) is 0 Å². The first-order chi connectivity index (χ1) is 10.4. The highest BCUT2D eigenvalue weighted by Gasteiger charge is 2.30. The Bertz CT molecular complexity index is 695. The fraction of sp³-hybridized carbons (Fsp3) is 0.571. The van der Waals surface area contributed by atoms with Crippen LogP contribution in [-0.4, -0.2) is 62.3 Å². The first-order valence-corrected chi connectivity index (χ1v) is 7.34. The van der Waals surface area contributed by atoms with Crippen molar-refractivity contribution < 1.29 is 4.79 Å². The number of nitrogens with two attached hydrogens (primary N) is 1. The molecule has 1 aliphatic rings. The van der Waals surface area contributed by atoms with Gasteiger partial charge in [0.25, 0.3) is 0 Å². The van der Waals surface area contributed by atoms with E-state index in [2.05, 4.69) is 20.0 Å². The summed E-state index contributed by atoms with van der Waals surface area (Å²) in [5, 5.41) is 5.17. The molecule has 8 nitrogen and oxygen atoms in total. The number of amides is 1. The summed E-state index contributed by atoms with van der Waals surface area (Å²) in [6.07, 6.45) is 3.34. The van der Waals surface area contributed by atoms with E-state index in [0.717, 1.165) is 29.9 Å². The van der Waals surface area contributed by atoms with Gasteiger partial charge in [0.2, 0.25) is 5.91 Å². The number of rotatable bonds is 2. The first-order valence-electron chi connectivity index (χ1n) is 7.34. The number of piperazine rings is 1. The SMILES string of the molecule is Cn1ncc2c(N3CCN(C(=O)C(C)(C)N)CC3)ncnc21. The third-order valence-electron chi connectivity index (χ3n) is 3.93. The van der Waals surface area contributed by atoms with Crippen LogP contribution < -0.4 is 10.6 Å². The van der Waals surface area contributed by atoms with Crippen molar-refractivity contribution in [3.63, 3.8) is 0 Å². The Morgan fingerprint density at radius 3 is 2.55 bits per heavy atom. The number of nitrogens with zero attached hydrogens (tertiary/aromatic N) is 6. The van der Waals surface area contributed by atoms with Crippen LogP contribution in [0.5, 0.6) is 0 Å². The Kier molecular flexibility index (Phi) is 3.48. The minimum Gasteiger partial charge on any atom is -0.352 e. The van der Waals surface area contributed by atoms with Crippen LogP contribution in [0.3, 0.4) is 0 Å². The van der Waals surface area contributed by atoms with Crippen molar-refractivity contribution in [2.24, 2.45) is 12.8 Å². The van der Waals surface area contributed by atoms with E-state index in [1.165, 1.54) is 0 Å². The van der Waals surface area contributed by atoms with Crippen molar-refractivity contribution in [2.45, 2.75) is 19.4 Å². The zero-order valence-corrected chi connectivity index (χ0v) is 13.2. The second-order valence-corrected chi connectivity index (χ2v) is 6.20. The molecule has 1 amide bonds. The molecular formula is C14H21N7O. The lowest BCUT2D eigenvalue weighted by molar-refractivity contribution is -0.136. The first kappa shape index (κ1) is 14.7. The van der Waals surface area contributed by atoms with Crippen LogP contribution in [0, 0.1) is 0 Å². The van der Waals surface area contributed by atoms with Gasteiger partial charge in [-0.3, -0.25) is 9.48 Å². The van der Waals surface area contributed by atoms with E-state index in [1.807, 2.05) is 11.9 Å². The van der Waals surface area contributed by atoms with Crippen LogP contribution in [-0.2, 0) is 11.8 Å². The number of hydrogen-bond acceptors (Lipinski definition) is 6. The van der Waals surface area contributed by atoms with Crippen LogP contribution >= 0.6 is 0 Å². The van der Waals surface area contributed by atoms with Crippen LogP contribution in [0.25, 0.3) is 11.0 Å². The lowest BCUT2D eigenvalue weighted by Crippen LogP contribution is -2.57. The minimum atomic E-state index is -0.826. The van der Waals surface area contributed by atoms with Crippen molar-refractivity contribution in [2.75, 3.05) is 31.1 Å².